The van der Waals surface area contributed by atoms with Gasteiger partial charge in [0.15, 0.2) is 0 Å². The third-order valence-electron chi connectivity index (χ3n) is 4.24. The fraction of sp³-hybridized carbons (Fsp3) is 0.562. The summed E-state index contributed by atoms with van der Waals surface area (Å²) in [6.45, 7) is 2.86. The summed E-state index contributed by atoms with van der Waals surface area (Å²) in [7, 11) is 1.66. The summed E-state index contributed by atoms with van der Waals surface area (Å²) in [5.41, 5.74) is 1.17. The molecular weight excluding hydrogens is 304 g/mol. The molecule has 0 bridgehead atoms. The van der Waals surface area contributed by atoms with Gasteiger partial charge in [0, 0.05) is 19.6 Å². The van der Waals surface area contributed by atoms with Crippen LogP contribution in [0.25, 0.3) is 0 Å². The number of nitrogens with one attached hydrogen (secondary N) is 1. The van der Waals surface area contributed by atoms with E-state index in [0.29, 0.717) is 13.2 Å². The second-order valence-corrected chi connectivity index (χ2v) is 5.53. The average Bonchev–Trinajstić information content (AvgIpc) is 3.04. The van der Waals surface area contributed by atoms with Crippen LogP contribution in [0, 0.1) is 0 Å². The molecule has 2 aliphatic heterocycles. The molecule has 2 saturated heterocycles. The van der Waals surface area contributed by atoms with Crippen LogP contribution in [0.1, 0.15) is 24.4 Å². The van der Waals surface area contributed by atoms with Gasteiger partial charge in [0.25, 0.3) is 5.91 Å². The molecule has 1 aromatic rings. The summed E-state index contributed by atoms with van der Waals surface area (Å²) < 4.78 is 10.8. The van der Waals surface area contributed by atoms with Gasteiger partial charge in [-0.25, -0.2) is 0 Å². The van der Waals surface area contributed by atoms with Crippen LogP contribution < -0.4 is 10.1 Å². The van der Waals surface area contributed by atoms with Crippen molar-refractivity contribution in [2.45, 2.75) is 25.0 Å². The smallest absolute Gasteiger partial charge is 0.253 e. The number of carbonyl (C=O) groups excluding carboxylic acids is 1. The predicted octanol–water partition coefficient (Wildman–Crippen LogP) is 1.77. The van der Waals surface area contributed by atoms with Gasteiger partial charge in [-0.1, -0.05) is 12.1 Å². The molecule has 2 unspecified atom stereocenters. The third-order valence-corrected chi connectivity index (χ3v) is 4.24. The molecule has 0 radical (unpaired) electrons. The zero-order valence-corrected chi connectivity index (χ0v) is 13.6. The second kappa shape index (κ2) is 7.81. The minimum Gasteiger partial charge on any atom is -0.497 e. The summed E-state index contributed by atoms with van der Waals surface area (Å²) in [5, 5.41) is 3.22. The van der Waals surface area contributed by atoms with Crippen LogP contribution in [0.2, 0.25) is 0 Å². The minimum absolute atomic E-state index is 0. The Labute approximate surface area is 137 Å². The molecule has 2 atom stereocenters. The largest absolute Gasteiger partial charge is 0.497 e. The van der Waals surface area contributed by atoms with E-state index in [1.165, 1.54) is 5.56 Å². The van der Waals surface area contributed by atoms with E-state index < -0.39 is 0 Å². The van der Waals surface area contributed by atoms with Gasteiger partial charge in [-0.05, 0) is 30.5 Å². The molecule has 0 spiro atoms. The van der Waals surface area contributed by atoms with Gasteiger partial charge in [0.1, 0.15) is 11.9 Å². The van der Waals surface area contributed by atoms with Crippen molar-refractivity contribution in [1.29, 1.82) is 0 Å². The molecule has 0 saturated carbocycles. The zero-order chi connectivity index (χ0) is 14.7. The lowest BCUT2D eigenvalue weighted by Crippen LogP contribution is -2.49. The maximum atomic E-state index is 12.6. The van der Waals surface area contributed by atoms with Crippen LogP contribution in [-0.2, 0) is 9.53 Å². The normalized spacial score (nSPS) is 24.7. The van der Waals surface area contributed by atoms with Crippen LogP contribution in [0.3, 0.4) is 0 Å². The van der Waals surface area contributed by atoms with Crippen molar-refractivity contribution >= 4 is 18.3 Å². The van der Waals surface area contributed by atoms with E-state index in [0.717, 1.165) is 31.7 Å². The quantitative estimate of drug-likeness (QED) is 0.919. The van der Waals surface area contributed by atoms with Crippen molar-refractivity contribution in [3.8, 4) is 5.75 Å². The number of morpholine rings is 1. The molecule has 122 valence electrons. The standard InChI is InChI=1S/C16H22N2O3.ClH/c1-20-13-6-4-12(5-7-13)14-3-2-9-18(14)16(19)15-11-17-8-10-21-15;/h4-7,14-15,17H,2-3,8-11H2,1H3;1H. The fourth-order valence-corrected chi connectivity index (χ4v) is 3.11. The van der Waals surface area contributed by atoms with Crippen LogP contribution in [0.5, 0.6) is 5.75 Å². The molecule has 22 heavy (non-hydrogen) atoms. The first kappa shape index (κ1) is 17.1. The van der Waals surface area contributed by atoms with E-state index in [4.69, 9.17) is 9.47 Å². The van der Waals surface area contributed by atoms with Crippen molar-refractivity contribution in [2.75, 3.05) is 33.4 Å². The van der Waals surface area contributed by atoms with E-state index in [9.17, 15) is 4.79 Å². The Hall–Kier alpha value is -1.30. The molecule has 0 aliphatic carbocycles. The van der Waals surface area contributed by atoms with E-state index in [1.54, 1.807) is 7.11 Å². The van der Waals surface area contributed by atoms with Crippen molar-refractivity contribution in [2.24, 2.45) is 0 Å². The van der Waals surface area contributed by atoms with Gasteiger partial charge in [-0.3, -0.25) is 4.79 Å². The maximum Gasteiger partial charge on any atom is 0.253 e. The monoisotopic (exact) mass is 326 g/mol. The molecule has 1 amide bonds. The predicted molar refractivity (Wildman–Crippen MR) is 86.5 cm³/mol. The van der Waals surface area contributed by atoms with E-state index in [2.05, 4.69) is 17.4 Å². The van der Waals surface area contributed by atoms with Gasteiger partial charge in [-0.2, -0.15) is 0 Å². The molecule has 1 N–H and O–H groups in total. The van der Waals surface area contributed by atoms with Gasteiger partial charge in [-0.15, -0.1) is 12.4 Å². The SMILES string of the molecule is COc1ccc(C2CCCN2C(=O)C2CNCCO2)cc1.Cl. The Bertz CT molecular complexity index is 489. The van der Waals surface area contributed by atoms with Gasteiger partial charge < -0.3 is 19.7 Å². The van der Waals surface area contributed by atoms with Crippen LogP contribution in [0.4, 0.5) is 0 Å². The van der Waals surface area contributed by atoms with Crippen molar-refractivity contribution < 1.29 is 14.3 Å². The molecule has 2 fully saturated rings. The molecule has 1 aromatic carbocycles. The summed E-state index contributed by atoms with van der Waals surface area (Å²) >= 11 is 0. The number of ether oxygens (including phenoxy) is 2. The van der Waals surface area contributed by atoms with Crippen LogP contribution in [-0.4, -0.2) is 50.3 Å². The van der Waals surface area contributed by atoms with Crippen molar-refractivity contribution in [3.63, 3.8) is 0 Å². The number of halogens is 1. The minimum atomic E-state index is -0.336. The molecule has 5 nitrogen and oxygen atoms in total. The lowest BCUT2D eigenvalue weighted by Gasteiger charge is -2.31. The molecule has 2 aliphatic rings. The Morgan fingerprint density at radius 3 is 2.77 bits per heavy atom. The molecule has 0 aromatic heterocycles. The topological polar surface area (TPSA) is 50.8 Å². The number of benzene rings is 1. The first-order valence-corrected chi connectivity index (χ1v) is 7.56. The highest BCUT2D eigenvalue weighted by molar-refractivity contribution is 5.85. The van der Waals surface area contributed by atoms with Crippen LogP contribution >= 0.6 is 12.4 Å². The van der Waals surface area contributed by atoms with E-state index in [-0.39, 0.29) is 30.5 Å². The first-order valence-electron chi connectivity index (χ1n) is 7.56. The van der Waals surface area contributed by atoms with Gasteiger partial charge in [0.2, 0.25) is 0 Å². The Morgan fingerprint density at radius 1 is 1.36 bits per heavy atom. The lowest BCUT2D eigenvalue weighted by molar-refractivity contribution is -0.146. The highest BCUT2D eigenvalue weighted by Crippen LogP contribution is 2.33. The highest BCUT2D eigenvalue weighted by atomic mass is 35.5. The fourth-order valence-electron chi connectivity index (χ4n) is 3.11. The number of likely N-dealkylation sites (tertiary alicyclic amines) is 1. The number of hydrogen-bond acceptors (Lipinski definition) is 4. The molecule has 2 heterocycles. The summed E-state index contributed by atoms with van der Waals surface area (Å²) in [6, 6.07) is 8.17. The van der Waals surface area contributed by atoms with Gasteiger partial charge in [0.05, 0.1) is 19.8 Å². The molecule has 3 rings (SSSR count). The number of carbonyl (C=O) groups is 1. The van der Waals surface area contributed by atoms with Crippen LogP contribution in [0.15, 0.2) is 24.3 Å². The summed E-state index contributed by atoms with van der Waals surface area (Å²) in [5.74, 6) is 0.954. The number of hydrogen-bond donors (Lipinski definition) is 1. The number of rotatable bonds is 3. The lowest BCUT2D eigenvalue weighted by atomic mass is 10.0. The summed E-state index contributed by atoms with van der Waals surface area (Å²) in [6.07, 6.45) is 1.72. The van der Waals surface area contributed by atoms with Crippen molar-refractivity contribution in [3.05, 3.63) is 29.8 Å². The van der Waals surface area contributed by atoms with Crippen molar-refractivity contribution in [1.82, 2.24) is 10.2 Å². The van der Waals surface area contributed by atoms with E-state index >= 15 is 0 Å². The molecular formula is C16H23ClN2O3. The van der Waals surface area contributed by atoms with E-state index in [1.807, 2.05) is 17.0 Å². The Kier molecular flexibility index (Phi) is 6.06. The Morgan fingerprint density at radius 2 is 2.14 bits per heavy atom. The highest BCUT2D eigenvalue weighted by Gasteiger charge is 2.35. The third kappa shape index (κ3) is 3.54. The average molecular weight is 327 g/mol. The number of amides is 1. The Balaban J connectivity index is 0.00000176. The number of nitrogens with zero attached hydrogens (tertiary/aromatic N) is 1. The van der Waals surface area contributed by atoms with Gasteiger partial charge >= 0.3 is 0 Å². The second-order valence-electron chi connectivity index (χ2n) is 5.53. The zero-order valence-electron chi connectivity index (χ0n) is 12.8. The first-order chi connectivity index (χ1) is 10.3. The number of methoxy groups -OCH3 is 1. The maximum absolute atomic E-state index is 12.6. The molecule has 6 heteroatoms. The summed E-state index contributed by atoms with van der Waals surface area (Å²) in [4.78, 5) is 14.6.